The lowest BCUT2D eigenvalue weighted by Gasteiger charge is -2.15. The monoisotopic (exact) mass is 386 g/mol. The van der Waals surface area contributed by atoms with Gasteiger partial charge in [-0.05, 0) is 44.0 Å². The number of thioether (sulfide) groups is 1. The van der Waals surface area contributed by atoms with Gasteiger partial charge < -0.3 is 20.4 Å². The lowest BCUT2D eigenvalue weighted by Crippen LogP contribution is -2.42. The molecule has 1 saturated carbocycles. The van der Waals surface area contributed by atoms with Gasteiger partial charge in [0, 0.05) is 29.3 Å². The van der Waals surface area contributed by atoms with E-state index in [-0.39, 0.29) is 10.7 Å². The Labute approximate surface area is 164 Å². The van der Waals surface area contributed by atoms with Crippen LogP contribution < -0.4 is 16.0 Å². The van der Waals surface area contributed by atoms with Crippen LogP contribution >= 0.6 is 11.8 Å². The molecule has 0 bridgehead atoms. The minimum absolute atomic E-state index is 0.208. The smallest absolute Gasteiger partial charge is 0.287 e. The Balaban J connectivity index is 1.44. The molecule has 1 aliphatic rings. The molecular weight excluding hydrogens is 360 g/mol. The number of hydrogen-bond acceptors (Lipinski definition) is 4. The summed E-state index contributed by atoms with van der Waals surface area (Å²) in [5.74, 6) is 0.897. The Bertz CT molecular complexity index is 743. The highest BCUT2D eigenvalue weighted by Crippen LogP contribution is 2.51. The molecule has 3 N–H and O–H groups in total. The van der Waals surface area contributed by atoms with Crippen molar-refractivity contribution in [3.05, 3.63) is 54.5 Å². The zero-order chi connectivity index (χ0) is 19.0. The molecule has 1 aliphatic carbocycles. The van der Waals surface area contributed by atoms with Crippen molar-refractivity contribution in [3.8, 4) is 0 Å². The van der Waals surface area contributed by atoms with Gasteiger partial charge in [0.1, 0.15) is 0 Å². The number of carbonyl (C=O) groups is 1. The highest BCUT2D eigenvalue weighted by atomic mass is 32.2. The number of furan rings is 1. The van der Waals surface area contributed by atoms with Crippen molar-refractivity contribution in [2.24, 2.45) is 4.99 Å². The molecule has 27 heavy (non-hydrogen) atoms. The Morgan fingerprint density at radius 2 is 1.89 bits per heavy atom. The number of carbonyl (C=O) groups excluding carboxylic acids is 1. The predicted octanol–water partition coefficient (Wildman–Crippen LogP) is 2.89. The Morgan fingerprint density at radius 3 is 2.56 bits per heavy atom. The molecular formula is C20H26N4O2S. The van der Waals surface area contributed by atoms with Gasteiger partial charge in [0.05, 0.1) is 12.8 Å². The first-order valence-corrected chi connectivity index (χ1v) is 10.1. The summed E-state index contributed by atoms with van der Waals surface area (Å²) in [7, 11) is 0. The van der Waals surface area contributed by atoms with Gasteiger partial charge in [-0.2, -0.15) is 0 Å². The van der Waals surface area contributed by atoms with Crippen LogP contribution in [-0.4, -0.2) is 42.8 Å². The van der Waals surface area contributed by atoms with Crippen LogP contribution in [0.2, 0.25) is 0 Å². The molecule has 144 valence electrons. The molecule has 0 radical (unpaired) electrons. The van der Waals surface area contributed by atoms with E-state index in [1.54, 1.807) is 12.1 Å². The van der Waals surface area contributed by atoms with Crippen molar-refractivity contribution in [2.75, 3.05) is 26.2 Å². The minimum Gasteiger partial charge on any atom is -0.459 e. The lowest BCUT2D eigenvalue weighted by molar-refractivity contribution is 0.0926. The highest BCUT2D eigenvalue weighted by molar-refractivity contribution is 8.01. The summed E-state index contributed by atoms with van der Waals surface area (Å²) < 4.78 is 5.29. The molecule has 0 aliphatic heterocycles. The third kappa shape index (κ3) is 6.06. The summed E-state index contributed by atoms with van der Waals surface area (Å²) in [5.41, 5.74) is 0. The summed E-state index contributed by atoms with van der Waals surface area (Å²) in [6.07, 6.45) is 3.87. The fraction of sp³-hybridized carbons (Fsp3) is 0.400. The summed E-state index contributed by atoms with van der Waals surface area (Å²) >= 11 is 1.92. The normalized spacial score (nSPS) is 15.2. The zero-order valence-electron chi connectivity index (χ0n) is 15.5. The molecule has 1 heterocycles. The molecule has 1 fully saturated rings. The first kappa shape index (κ1) is 19.4. The van der Waals surface area contributed by atoms with E-state index in [0.29, 0.717) is 18.8 Å². The molecule has 2 aromatic rings. The fourth-order valence-corrected chi connectivity index (χ4v) is 3.82. The van der Waals surface area contributed by atoms with Gasteiger partial charge >= 0.3 is 0 Å². The number of benzene rings is 1. The van der Waals surface area contributed by atoms with Gasteiger partial charge in [0.2, 0.25) is 0 Å². The van der Waals surface area contributed by atoms with Crippen LogP contribution in [0.4, 0.5) is 0 Å². The maximum Gasteiger partial charge on any atom is 0.287 e. The van der Waals surface area contributed by atoms with E-state index in [4.69, 9.17) is 9.41 Å². The van der Waals surface area contributed by atoms with Crippen molar-refractivity contribution in [2.45, 2.75) is 29.4 Å². The average molecular weight is 387 g/mol. The van der Waals surface area contributed by atoms with Crippen molar-refractivity contribution in [1.82, 2.24) is 16.0 Å². The quantitative estimate of drug-likeness (QED) is 0.351. The van der Waals surface area contributed by atoms with Gasteiger partial charge in [-0.25, -0.2) is 0 Å². The number of aliphatic imine (C=N–C) groups is 1. The first-order chi connectivity index (χ1) is 13.2. The van der Waals surface area contributed by atoms with Crippen molar-refractivity contribution in [1.29, 1.82) is 0 Å². The van der Waals surface area contributed by atoms with Gasteiger partial charge in [-0.1, -0.05) is 18.2 Å². The molecule has 1 aromatic carbocycles. The lowest BCUT2D eigenvalue weighted by atomic mass is 10.4. The zero-order valence-corrected chi connectivity index (χ0v) is 16.3. The Morgan fingerprint density at radius 1 is 1.11 bits per heavy atom. The maximum absolute atomic E-state index is 11.8. The summed E-state index contributed by atoms with van der Waals surface area (Å²) in [6.45, 7) is 4.70. The van der Waals surface area contributed by atoms with Crippen LogP contribution in [0, 0.1) is 0 Å². The van der Waals surface area contributed by atoms with Crippen molar-refractivity contribution < 1.29 is 9.21 Å². The minimum atomic E-state index is -0.208. The van der Waals surface area contributed by atoms with Gasteiger partial charge in [-0.3, -0.25) is 9.79 Å². The van der Waals surface area contributed by atoms with Gasteiger partial charge in [0.15, 0.2) is 11.7 Å². The molecule has 6 nitrogen and oxygen atoms in total. The number of rotatable bonds is 9. The topological polar surface area (TPSA) is 78.7 Å². The van der Waals surface area contributed by atoms with Crippen LogP contribution in [0.25, 0.3) is 0 Å². The van der Waals surface area contributed by atoms with E-state index >= 15 is 0 Å². The summed E-state index contributed by atoms with van der Waals surface area (Å²) in [4.78, 5) is 17.9. The summed E-state index contributed by atoms with van der Waals surface area (Å²) in [5, 5.41) is 9.35. The van der Waals surface area contributed by atoms with Crippen molar-refractivity contribution >= 4 is 23.6 Å². The molecule has 3 rings (SSSR count). The number of hydrogen-bond donors (Lipinski definition) is 3. The average Bonchev–Trinajstić information content (AvgIpc) is 3.21. The van der Waals surface area contributed by atoms with E-state index in [0.717, 1.165) is 19.0 Å². The maximum atomic E-state index is 11.8. The van der Waals surface area contributed by atoms with Crippen LogP contribution in [0.3, 0.4) is 0 Å². The van der Waals surface area contributed by atoms with E-state index in [2.05, 4.69) is 40.2 Å². The summed E-state index contributed by atoms with van der Waals surface area (Å²) in [6, 6.07) is 13.8. The van der Waals surface area contributed by atoms with E-state index < -0.39 is 0 Å². The third-order valence-electron chi connectivity index (χ3n) is 4.20. The van der Waals surface area contributed by atoms with Crippen LogP contribution in [0.1, 0.15) is 30.3 Å². The number of guanidine groups is 1. The molecule has 0 spiro atoms. The van der Waals surface area contributed by atoms with Gasteiger partial charge in [-0.15, -0.1) is 11.8 Å². The second-order valence-corrected chi connectivity index (χ2v) is 7.99. The van der Waals surface area contributed by atoms with E-state index in [1.807, 2.05) is 24.8 Å². The van der Waals surface area contributed by atoms with Crippen molar-refractivity contribution in [3.63, 3.8) is 0 Å². The standard InChI is InChI=1S/C20H26N4O2S/c1-2-21-19(23-13-12-22-18(25)17-9-6-14-26-17)24-15-20(10-11-20)27-16-7-4-3-5-8-16/h3-9,14H,2,10-13,15H2,1H3,(H,22,25)(H2,21,23,24). The van der Waals surface area contributed by atoms with E-state index in [9.17, 15) is 4.79 Å². The molecule has 0 saturated heterocycles. The second-order valence-electron chi connectivity index (χ2n) is 6.45. The van der Waals surface area contributed by atoms with Gasteiger partial charge in [0.25, 0.3) is 5.91 Å². The number of nitrogens with zero attached hydrogens (tertiary/aromatic N) is 1. The molecule has 0 unspecified atom stereocenters. The number of nitrogens with one attached hydrogen (secondary N) is 3. The molecule has 0 atom stereocenters. The first-order valence-electron chi connectivity index (χ1n) is 9.29. The molecule has 1 aromatic heterocycles. The van der Waals surface area contributed by atoms with Crippen LogP contribution in [-0.2, 0) is 0 Å². The second kappa shape index (κ2) is 9.50. The number of amides is 1. The Hall–Kier alpha value is -2.41. The largest absolute Gasteiger partial charge is 0.459 e. The van der Waals surface area contributed by atoms with Crippen LogP contribution in [0.15, 0.2) is 63.0 Å². The van der Waals surface area contributed by atoms with Crippen LogP contribution in [0.5, 0.6) is 0 Å². The predicted molar refractivity (Wildman–Crippen MR) is 109 cm³/mol. The molecule has 7 heteroatoms. The fourth-order valence-electron chi connectivity index (χ4n) is 2.59. The van der Waals surface area contributed by atoms with E-state index in [1.165, 1.54) is 24.0 Å². The third-order valence-corrected chi connectivity index (χ3v) is 5.68. The SMILES string of the molecule is CCNC(=NCC1(Sc2ccccc2)CC1)NCCNC(=O)c1ccco1. The Kier molecular flexibility index (Phi) is 6.81. The molecule has 1 amide bonds. The highest BCUT2D eigenvalue weighted by Gasteiger charge is 2.43.